The summed E-state index contributed by atoms with van der Waals surface area (Å²) < 4.78 is 12.9. The molecular weight excluding hydrogens is 704 g/mol. The first kappa shape index (κ1) is 39.9. The van der Waals surface area contributed by atoms with Crippen molar-refractivity contribution in [2.45, 2.75) is 64.1 Å². The summed E-state index contributed by atoms with van der Waals surface area (Å²) in [6.07, 6.45) is 4.85. The van der Waals surface area contributed by atoms with Crippen LogP contribution in [-0.4, -0.2) is 89.2 Å². The van der Waals surface area contributed by atoms with Crippen LogP contribution in [0.2, 0.25) is 0 Å². The zero-order valence-corrected chi connectivity index (χ0v) is 31.2. The van der Waals surface area contributed by atoms with Gasteiger partial charge in [-0.25, -0.2) is 0 Å². The van der Waals surface area contributed by atoms with Crippen molar-refractivity contribution >= 4 is 29.5 Å². The second kappa shape index (κ2) is 19.7. The highest BCUT2D eigenvalue weighted by molar-refractivity contribution is 5.99. The van der Waals surface area contributed by atoms with Gasteiger partial charge in [-0.2, -0.15) is 0 Å². The van der Waals surface area contributed by atoms with Gasteiger partial charge in [-0.1, -0.05) is 50.2 Å². The smallest absolute Gasteiger partial charge is 0.257 e. The van der Waals surface area contributed by atoms with Crippen LogP contribution in [0.15, 0.2) is 85.5 Å². The van der Waals surface area contributed by atoms with Crippen LogP contribution in [-0.2, 0) is 32.0 Å². The van der Waals surface area contributed by atoms with Crippen molar-refractivity contribution in [3.63, 3.8) is 0 Å². The third-order valence-corrected chi connectivity index (χ3v) is 9.15. The molecule has 0 radical (unpaired) electrons. The van der Waals surface area contributed by atoms with E-state index in [9.17, 15) is 24.0 Å². The summed E-state index contributed by atoms with van der Waals surface area (Å²) in [5.74, 6) is -1.76. The maximum atomic E-state index is 14.1. The van der Waals surface area contributed by atoms with Crippen molar-refractivity contribution < 1.29 is 33.4 Å². The highest BCUT2D eigenvalue weighted by Crippen LogP contribution is 2.28. The second-order valence-corrected chi connectivity index (χ2v) is 13.6. The molecule has 3 atom stereocenters. The van der Waals surface area contributed by atoms with E-state index in [1.807, 2.05) is 50.2 Å². The molecule has 0 unspecified atom stereocenters. The van der Waals surface area contributed by atoms with Gasteiger partial charge in [0.2, 0.25) is 17.7 Å². The molecule has 15 heteroatoms. The normalized spacial score (nSPS) is 19.3. The number of aromatic nitrogens is 3. The van der Waals surface area contributed by atoms with Crippen LogP contribution in [0.4, 0.5) is 0 Å². The second-order valence-electron chi connectivity index (χ2n) is 13.6. The Morgan fingerprint density at radius 3 is 2.33 bits per heavy atom. The van der Waals surface area contributed by atoms with E-state index in [1.165, 1.54) is 19.8 Å². The van der Waals surface area contributed by atoms with Gasteiger partial charge in [0.15, 0.2) is 18.1 Å². The molecule has 2 heterocycles. The van der Waals surface area contributed by atoms with Crippen LogP contribution in [0.25, 0.3) is 5.69 Å². The van der Waals surface area contributed by atoms with Crippen LogP contribution in [0.5, 0.6) is 11.5 Å². The minimum absolute atomic E-state index is 0.129. The monoisotopic (exact) mass is 752 g/mol. The lowest BCUT2D eigenvalue weighted by atomic mass is 10.00. The Morgan fingerprint density at radius 1 is 0.891 bits per heavy atom. The molecule has 5 amide bonds. The van der Waals surface area contributed by atoms with E-state index in [0.717, 1.165) is 16.8 Å². The topological polar surface area (TPSA) is 195 Å². The molecule has 0 saturated carbocycles. The van der Waals surface area contributed by atoms with E-state index < -0.39 is 35.8 Å². The lowest BCUT2D eigenvalue weighted by Gasteiger charge is -2.27. The van der Waals surface area contributed by atoms with Crippen molar-refractivity contribution in [1.29, 1.82) is 0 Å². The Morgan fingerprint density at radius 2 is 1.62 bits per heavy atom. The summed E-state index contributed by atoms with van der Waals surface area (Å²) in [5.41, 5.74) is 2.76. The van der Waals surface area contributed by atoms with Crippen molar-refractivity contribution in [2.75, 3.05) is 26.8 Å². The van der Waals surface area contributed by atoms with Crippen LogP contribution >= 0.6 is 0 Å². The maximum Gasteiger partial charge on any atom is 0.257 e. The fourth-order valence-corrected chi connectivity index (χ4v) is 6.08. The van der Waals surface area contributed by atoms with E-state index in [-0.39, 0.29) is 43.7 Å². The van der Waals surface area contributed by atoms with E-state index in [4.69, 9.17) is 9.47 Å². The quantitative estimate of drug-likeness (QED) is 0.188. The van der Waals surface area contributed by atoms with Gasteiger partial charge in [-0.3, -0.25) is 28.5 Å². The molecule has 0 saturated heterocycles. The number of benzene rings is 3. The van der Waals surface area contributed by atoms with Gasteiger partial charge in [0.05, 0.1) is 7.11 Å². The van der Waals surface area contributed by atoms with Gasteiger partial charge in [0, 0.05) is 30.8 Å². The van der Waals surface area contributed by atoms with Gasteiger partial charge in [0.1, 0.15) is 30.8 Å². The molecule has 0 aliphatic carbocycles. The molecule has 290 valence electrons. The largest absolute Gasteiger partial charge is 0.493 e. The number of nitrogens with zero attached hydrogens (tertiary/aromatic N) is 3. The first-order valence-electron chi connectivity index (χ1n) is 18.4. The van der Waals surface area contributed by atoms with E-state index >= 15 is 0 Å². The standard InChI is InChI=1S/C40H48N8O7/c1-26(2)36-40(53)42-20-7-11-28-13-18-33(54-3)34(22-28)55-23-35(49)41-19-8-12-31(38(51)46-32(39(52)47-36)21-27-9-5-4-6-10-27)45-37(50)29-14-16-30(17-15-29)48-24-43-44-25-48/h4-6,9-10,13-18,22,24-26,31-32,36H,7-8,11-12,19-21,23H2,1-3H3,(H,41,49)(H,42,53)(H,45,50)(H,46,51)(H,47,52)/t31-,32-,36+/m0/s1. The number of ether oxygens (including phenoxy) is 2. The van der Waals surface area contributed by atoms with Crippen LogP contribution < -0.4 is 36.1 Å². The first-order chi connectivity index (χ1) is 26.6. The average molecular weight is 753 g/mol. The molecule has 55 heavy (non-hydrogen) atoms. The number of carbonyl (C=O) groups excluding carboxylic acids is 5. The van der Waals surface area contributed by atoms with Crippen molar-refractivity contribution in [3.8, 4) is 17.2 Å². The fraction of sp³-hybridized carbons (Fsp3) is 0.375. The number of carbonyl (C=O) groups is 5. The highest BCUT2D eigenvalue weighted by Gasteiger charge is 2.31. The molecule has 1 aromatic heterocycles. The number of rotatable bonds is 7. The van der Waals surface area contributed by atoms with Gasteiger partial charge in [-0.15, -0.1) is 10.2 Å². The molecular formula is C40H48N8O7. The SMILES string of the molecule is COc1ccc2cc1OCC(=O)NCCC[C@H](NC(=O)c1ccc(-n3cnnc3)cc1)C(=O)N[C@@H](Cc1ccccc1)C(=O)N[C@H](C(C)C)C(=O)NCCC2. The van der Waals surface area contributed by atoms with Crippen LogP contribution in [0.3, 0.4) is 0 Å². The average Bonchev–Trinajstić information content (AvgIpc) is 3.74. The Labute approximate surface area is 320 Å². The summed E-state index contributed by atoms with van der Waals surface area (Å²) in [4.78, 5) is 67.7. The predicted molar refractivity (Wildman–Crippen MR) is 204 cm³/mol. The van der Waals surface area contributed by atoms with Gasteiger partial charge < -0.3 is 36.1 Å². The molecule has 2 bridgehead atoms. The number of fused-ring (bicyclic) bond motifs is 2. The lowest BCUT2D eigenvalue weighted by Crippen LogP contribution is -2.58. The molecule has 3 aromatic carbocycles. The van der Waals surface area contributed by atoms with Crippen LogP contribution in [0, 0.1) is 5.92 Å². The summed E-state index contributed by atoms with van der Waals surface area (Å²) in [7, 11) is 1.51. The molecule has 0 fully saturated rings. The third-order valence-electron chi connectivity index (χ3n) is 9.15. The molecule has 1 aliphatic rings. The zero-order chi connectivity index (χ0) is 39.2. The fourth-order valence-electron chi connectivity index (χ4n) is 6.08. The Bertz CT molecular complexity index is 1900. The van der Waals surface area contributed by atoms with Gasteiger partial charge in [0.25, 0.3) is 11.8 Å². The van der Waals surface area contributed by atoms with E-state index in [2.05, 4.69) is 36.8 Å². The molecule has 4 aromatic rings. The molecule has 5 N–H and O–H groups in total. The Kier molecular flexibility index (Phi) is 14.3. The summed E-state index contributed by atoms with van der Waals surface area (Å²) in [5, 5.41) is 21.9. The number of nitrogens with one attached hydrogen (secondary N) is 5. The van der Waals surface area contributed by atoms with Crippen LogP contribution in [0.1, 0.15) is 54.6 Å². The zero-order valence-electron chi connectivity index (χ0n) is 31.2. The molecule has 0 spiro atoms. The first-order valence-corrected chi connectivity index (χ1v) is 18.4. The van der Waals surface area contributed by atoms with Crippen molar-refractivity contribution in [2.24, 2.45) is 5.92 Å². The number of hydrogen-bond acceptors (Lipinski definition) is 9. The van der Waals surface area contributed by atoms with Crippen molar-refractivity contribution in [3.05, 3.63) is 102 Å². The third kappa shape index (κ3) is 11.6. The maximum absolute atomic E-state index is 14.1. The summed E-state index contributed by atoms with van der Waals surface area (Å²) >= 11 is 0. The van der Waals surface area contributed by atoms with E-state index in [0.29, 0.717) is 42.9 Å². The highest BCUT2D eigenvalue weighted by atomic mass is 16.5. The molecule has 15 nitrogen and oxygen atoms in total. The summed E-state index contributed by atoms with van der Waals surface area (Å²) in [6.45, 7) is 3.93. The number of methoxy groups -OCH3 is 1. The van der Waals surface area contributed by atoms with E-state index in [1.54, 1.807) is 41.0 Å². The number of hydrogen-bond donors (Lipinski definition) is 5. The van der Waals surface area contributed by atoms with Crippen molar-refractivity contribution in [1.82, 2.24) is 41.3 Å². The molecule has 1 aliphatic heterocycles. The van der Waals surface area contributed by atoms with Gasteiger partial charge >= 0.3 is 0 Å². The number of aryl methyl sites for hydroxylation is 1. The minimum Gasteiger partial charge on any atom is -0.493 e. The lowest BCUT2D eigenvalue weighted by molar-refractivity contribution is -0.133. The predicted octanol–water partition coefficient (Wildman–Crippen LogP) is 2.28. The Hall–Kier alpha value is -6.25. The Balaban J connectivity index is 1.39. The summed E-state index contributed by atoms with van der Waals surface area (Å²) in [6, 6.07) is 18.3. The molecule has 5 rings (SSSR count). The van der Waals surface area contributed by atoms with Gasteiger partial charge in [-0.05, 0) is 79.1 Å². The number of amides is 5. The minimum atomic E-state index is -1.08.